The molecule has 0 aromatic heterocycles. The van der Waals surface area contributed by atoms with Gasteiger partial charge in [-0.3, -0.25) is 14.5 Å². The van der Waals surface area contributed by atoms with Gasteiger partial charge in [-0.05, 0) is 19.1 Å². The molecule has 0 radical (unpaired) electrons. The predicted molar refractivity (Wildman–Crippen MR) is 82.8 cm³/mol. The molecule has 24 heavy (non-hydrogen) atoms. The Morgan fingerprint density at radius 2 is 2.04 bits per heavy atom. The number of morpholine rings is 1. The van der Waals surface area contributed by atoms with Gasteiger partial charge in [-0.15, -0.1) is 0 Å². The summed E-state index contributed by atoms with van der Waals surface area (Å²) in [7, 11) is 0. The number of nitrogens with zero attached hydrogens (tertiary/aromatic N) is 2. The molecule has 0 aliphatic carbocycles. The Hall–Kier alpha value is -2.61. The lowest BCUT2D eigenvalue weighted by Gasteiger charge is -2.36. The molecule has 1 aromatic rings. The van der Waals surface area contributed by atoms with Crippen molar-refractivity contribution in [2.24, 2.45) is 0 Å². The fourth-order valence-corrected chi connectivity index (χ4v) is 2.85. The molecule has 1 saturated heterocycles. The topological polar surface area (TPSA) is 96.4 Å². The molecule has 8 heteroatoms. The van der Waals surface area contributed by atoms with Gasteiger partial charge in [0.05, 0.1) is 18.3 Å². The van der Waals surface area contributed by atoms with E-state index in [1.165, 1.54) is 9.80 Å². The zero-order valence-electron chi connectivity index (χ0n) is 13.2. The van der Waals surface area contributed by atoms with E-state index in [1.807, 2.05) is 0 Å². The van der Waals surface area contributed by atoms with Gasteiger partial charge in [-0.25, -0.2) is 4.79 Å². The quantitative estimate of drug-likeness (QED) is 0.843. The normalized spacial score (nSPS) is 23.5. The van der Waals surface area contributed by atoms with Gasteiger partial charge >= 0.3 is 5.97 Å². The van der Waals surface area contributed by atoms with E-state index < -0.39 is 12.1 Å². The van der Waals surface area contributed by atoms with Gasteiger partial charge in [0.15, 0.2) is 12.7 Å². The highest BCUT2D eigenvalue weighted by molar-refractivity contribution is 6.02. The molecular formula is C16H18N2O6. The van der Waals surface area contributed by atoms with Crippen LogP contribution in [0.5, 0.6) is 5.75 Å². The summed E-state index contributed by atoms with van der Waals surface area (Å²) in [5.74, 6) is -1.18. The molecule has 0 saturated carbocycles. The minimum atomic E-state index is -1.10. The van der Waals surface area contributed by atoms with Crippen molar-refractivity contribution in [1.29, 1.82) is 0 Å². The van der Waals surface area contributed by atoms with E-state index in [2.05, 4.69) is 0 Å². The zero-order chi connectivity index (χ0) is 17.3. The van der Waals surface area contributed by atoms with E-state index in [4.69, 9.17) is 14.6 Å². The summed E-state index contributed by atoms with van der Waals surface area (Å²) >= 11 is 0. The van der Waals surface area contributed by atoms with Crippen molar-refractivity contribution in [1.82, 2.24) is 4.90 Å². The fraction of sp³-hybridized carbons (Fsp3) is 0.438. The van der Waals surface area contributed by atoms with Crippen LogP contribution in [0, 0.1) is 0 Å². The molecule has 0 bridgehead atoms. The van der Waals surface area contributed by atoms with Crippen LogP contribution in [-0.2, 0) is 19.1 Å². The summed E-state index contributed by atoms with van der Waals surface area (Å²) in [4.78, 5) is 38.6. The standard InChI is InChI=1S/C16H18N2O6/c1-10-6-17(7-13(24-10)16(21)22)14(19)8-18-11-4-2-3-5-12(11)23-9-15(18)20/h2-5,10,13H,6-9H2,1H3,(H,21,22)/t10-,13?/m1/s1. The first-order valence-corrected chi connectivity index (χ1v) is 7.64. The number of fused-ring (bicyclic) bond motifs is 1. The summed E-state index contributed by atoms with van der Waals surface area (Å²) in [5.41, 5.74) is 0.540. The minimum Gasteiger partial charge on any atom is -0.482 e. The van der Waals surface area contributed by atoms with Crippen molar-refractivity contribution in [3.05, 3.63) is 24.3 Å². The largest absolute Gasteiger partial charge is 0.482 e. The van der Waals surface area contributed by atoms with Crippen molar-refractivity contribution in [3.8, 4) is 5.75 Å². The number of hydrogen-bond donors (Lipinski definition) is 1. The van der Waals surface area contributed by atoms with Gasteiger partial charge in [0.1, 0.15) is 12.3 Å². The molecule has 8 nitrogen and oxygen atoms in total. The molecule has 2 amide bonds. The van der Waals surface area contributed by atoms with Crippen molar-refractivity contribution >= 4 is 23.5 Å². The maximum Gasteiger partial charge on any atom is 0.334 e. The van der Waals surface area contributed by atoms with Gasteiger partial charge in [-0.2, -0.15) is 0 Å². The SMILES string of the molecule is C[C@@H]1CN(C(=O)CN2C(=O)COc3ccccc32)CC(C(=O)O)O1. The van der Waals surface area contributed by atoms with E-state index in [1.54, 1.807) is 31.2 Å². The Kier molecular flexibility index (Phi) is 4.39. The Morgan fingerprint density at radius 1 is 1.29 bits per heavy atom. The lowest BCUT2D eigenvalue weighted by atomic mass is 10.2. The molecule has 2 aliphatic heterocycles. The van der Waals surface area contributed by atoms with Crippen molar-refractivity contribution in [2.45, 2.75) is 19.1 Å². The number of carboxylic acids is 1. The highest BCUT2D eigenvalue weighted by atomic mass is 16.5. The molecule has 128 valence electrons. The molecule has 2 heterocycles. The molecule has 0 spiro atoms. The van der Waals surface area contributed by atoms with E-state index in [0.29, 0.717) is 18.0 Å². The van der Waals surface area contributed by atoms with Crippen LogP contribution in [0.25, 0.3) is 0 Å². The summed E-state index contributed by atoms with van der Waals surface area (Å²) < 4.78 is 10.6. The van der Waals surface area contributed by atoms with Crippen molar-refractivity contribution in [3.63, 3.8) is 0 Å². The van der Waals surface area contributed by atoms with Gasteiger partial charge < -0.3 is 19.5 Å². The third-order valence-corrected chi connectivity index (χ3v) is 3.99. The third kappa shape index (κ3) is 3.18. The maximum absolute atomic E-state index is 12.6. The smallest absolute Gasteiger partial charge is 0.334 e. The molecular weight excluding hydrogens is 316 g/mol. The second kappa shape index (κ2) is 6.48. The second-order valence-corrected chi connectivity index (χ2v) is 5.81. The van der Waals surface area contributed by atoms with Gasteiger partial charge in [-0.1, -0.05) is 12.1 Å². The number of rotatable bonds is 3. The van der Waals surface area contributed by atoms with Crippen LogP contribution < -0.4 is 9.64 Å². The van der Waals surface area contributed by atoms with Crippen LogP contribution in [0.3, 0.4) is 0 Å². The Labute approximate surface area is 138 Å². The number of carbonyl (C=O) groups excluding carboxylic acids is 2. The van der Waals surface area contributed by atoms with Crippen LogP contribution in [0.15, 0.2) is 24.3 Å². The molecule has 3 rings (SSSR count). The van der Waals surface area contributed by atoms with Gasteiger partial charge in [0.25, 0.3) is 5.91 Å². The lowest BCUT2D eigenvalue weighted by molar-refractivity contribution is -0.166. The van der Waals surface area contributed by atoms with Crippen molar-refractivity contribution in [2.75, 3.05) is 31.1 Å². The summed E-state index contributed by atoms with van der Waals surface area (Å²) in [6.07, 6.45) is -1.43. The number of amides is 2. The van der Waals surface area contributed by atoms with Gasteiger partial charge in [0.2, 0.25) is 5.91 Å². The van der Waals surface area contributed by atoms with Crippen LogP contribution in [-0.4, -0.2) is 66.2 Å². The molecule has 2 atom stereocenters. The van der Waals surface area contributed by atoms with Crippen LogP contribution in [0.2, 0.25) is 0 Å². The number of ether oxygens (including phenoxy) is 2. The van der Waals surface area contributed by atoms with E-state index in [9.17, 15) is 14.4 Å². The van der Waals surface area contributed by atoms with E-state index >= 15 is 0 Å². The van der Waals surface area contributed by atoms with Gasteiger partial charge in [0, 0.05) is 6.54 Å². The molecule has 1 N–H and O–H groups in total. The fourth-order valence-electron chi connectivity index (χ4n) is 2.85. The zero-order valence-corrected chi connectivity index (χ0v) is 13.2. The number of carbonyl (C=O) groups is 3. The minimum absolute atomic E-state index is 0.0291. The summed E-state index contributed by atoms with van der Waals surface area (Å²) in [5, 5.41) is 9.11. The molecule has 2 aliphatic rings. The monoisotopic (exact) mass is 334 g/mol. The van der Waals surface area contributed by atoms with Crippen LogP contribution in [0.1, 0.15) is 6.92 Å². The predicted octanol–water partition coefficient (Wildman–Crippen LogP) is 0.112. The highest BCUT2D eigenvalue weighted by Crippen LogP contribution is 2.31. The van der Waals surface area contributed by atoms with Crippen molar-refractivity contribution < 1.29 is 29.0 Å². The Bertz CT molecular complexity index is 676. The first-order valence-electron chi connectivity index (χ1n) is 7.64. The maximum atomic E-state index is 12.6. The number of para-hydroxylation sites is 2. The number of anilines is 1. The second-order valence-electron chi connectivity index (χ2n) is 5.81. The van der Waals surface area contributed by atoms with Crippen LogP contribution in [0.4, 0.5) is 5.69 Å². The highest BCUT2D eigenvalue weighted by Gasteiger charge is 2.35. The lowest BCUT2D eigenvalue weighted by Crippen LogP contribution is -2.55. The Balaban J connectivity index is 1.75. The van der Waals surface area contributed by atoms with Crippen LogP contribution >= 0.6 is 0 Å². The third-order valence-electron chi connectivity index (χ3n) is 3.99. The number of hydrogen-bond acceptors (Lipinski definition) is 5. The molecule has 1 unspecified atom stereocenters. The van der Waals surface area contributed by atoms with E-state index in [0.717, 1.165) is 0 Å². The summed E-state index contributed by atoms with van der Waals surface area (Å²) in [6, 6.07) is 6.99. The average molecular weight is 334 g/mol. The average Bonchev–Trinajstić information content (AvgIpc) is 2.56. The van der Waals surface area contributed by atoms with E-state index in [-0.39, 0.29) is 37.6 Å². The number of aliphatic carboxylic acids is 1. The molecule has 1 aromatic carbocycles. The number of carboxylic acid groups (broad SMARTS) is 1. The number of benzene rings is 1. The Morgan fingerprint density at radius 3 is 2.79 bits per heavy atom. The first kappa shape index (κ1) is 16.3. The molecule has 1 fully saturated rings. The first-order chi connectivity index (χ1) is 11.5. The summed E-state index contributed by atoms with van der Waals surface area (Å²) in [6.45, 7) is 1.70.